The Hall–Kier alpha value is -1.30. The third kappa shape index (κ3) is 7.90. The van der Waals surface area contributed by atoms with Crippen LogP contribution in [-0.4, -0.2) is 57.3 Å². The van der Waals surface area contributed by atoms with E-state index in [2.05, 4.69) is 5.32 Å². The minimum Gasteiger partial charge on any atom is -0.492 e. The molecule has 0 bridgehead atoms. The quantitative estimate of drug-likeness (QED) is 0.755. The molecule has 0 saturated heterocycles. The van der Waals surface area contributed by atoms with Gasteiger partial charge in [0.05, 0.1) is 13.2 Å². The Morgan fingerprint density at radius 2 is 2.24 bits per heavy atom. The molecular formula is C15H23ClN2O3. The van der Waals surface area contributed by atoms with Crippen molar-refractivity contribution >= 4 is 17.5 Å². The maximum Gasteiger partial charge on any atom is 0.234 e. The standard InChI is InChI=1S/C15H23ClN2O3/c1-12(11-20-3)17-15(19)10-18(2)7-8-21-14-6-4-5-13(16)9-14/h4-6,9,12H,7-8,10-11H2,1-3H3,(H,17,19). The fourth-order valence-electron chi connectivity index (χ4n) is 1.81. The molecule has 0 aromatic heterocycles. The lowest BCUT2D eigenvalue weighted by molar-refractivity contribution is -0.122. The van der Waals surface area contributed by atoms with E-state index in [0.29, 0.717) is 31.3 Å². The second kappa shape index (κ2) is 9.60. The monoisotopic (exact) mass is 314 g/mol. The number of methoxy groups -OCH3 is 1. The molecule has 0 aliphatic carbocycles. The Morgan fingerprint density at radius 1 is 1.48 bits per heavy atom. The number of carbonyl (C=O) groups excluding carboxylic acids is 1. The van der Waals surface area contributed by atoms with Gasteiger partial charge in [-0.25, -0.2) is 0 Å². The average Bonchev–Trinajstić information content (AvgIpc) is 2.38. The number of benzene rings is 1. The lowest BCUT2D eigenvalue weighted by Gasteiger charge is -2.18. The van der Waals surface area contributed by atoms with Crippen molar-refractivity contribution in [1.82, 2.24) is 10.2 Å². The van der Waals surface area contributed by atoms with E-state index in [1.165, 1.54) is 0 Å². The van der Waals surface area contributed by atoms with E-state index in [1.807, 2.05) is 31.0 Å². The molecule has 1 unspecified atom stereocenters. The van der Waals surface area contributed by atoms with Gasteiger partial charge in [0.1, 0.15) is 12.4 Å². The molecule has 0 heterocycles. The zero-order valence-corrected chi connectivity index (χ0v) is 13.5. The molecule has 0 aliphatic rings. The van der Waals surface area contributed by atoms with E-state index in [-0.39, 0.29) is 11.9 Å². The van der Waals surface area contributed by atoms with E-state index < -0.39 is 0 Å². The lowest BCUT2D eigenvalue weighted by atomic mass is 10.3. The molecule has 6 heteroatoms. The van der Waals surface area contributed by atoms with Crippen molar-refractivity contribution in [1.29, 1.82) is 0 Å². The van der Waals surface area contributed by atoms with Crippen LogP contribution in [0, 0.1) is 0 Å². The molecule has 1 amide bonds. The van der Waals surface area contributed by atoms with Crippen LogP contribution in [0.5, 0.6) is 5.75 Å². The van der Waals surface area contributed by atoms with Crippen LogP contribution in [0.4, 0.5) is 0 Å². The second-order valence-electron chi connectivity index (χ2n) is 4.97. The molecule has 5 nitrogen and oxygen atoms in total. The first-order valence-electron chi connectivity index (χ1n) is 6.86. The molecule has 1 aromatic carbocycles. The van der Waals surface area contributed by atoms with Gasteiger partial charge < -0.3 is 14.8 Å². The molecule has 0 radical (unpaired) electrons. The van der Waals surface area contributed by atoms with Crippen molar-refractivity contribution in [3.8, 4) is 5.75 Å². The van der Waals surface area contributed by atoms with Crippen molar-refractivity contribution in [2.75, 3.05) is 40.5 Å². The van der Waals surface area contributed by atoms with Gasteiger partial charge in [-0.15, -0.1) is 0 Å². The van der Waals surface area contributed by atoms with E-state index in [0.717, 1.165) is 5.75 Å². The molecular weight excluding hydrogens is 292 g/mol. The summed E-state index contributed by atoms with van der Waals surface area (Å²) in [7, 11) is 3.49. The van der Waals surface area contributed by atoms with Crippen molar-refractivity contribution < 1.29 is 14.3 Å². The summed E-state index contributed by atoms with van der Waals surface area (Å²) in [6, 6.07) is 7.27. The van der Waals surface area contributed by atoms with Gasteiger partial charge in [0.15, 0.2) is 0 Å². The highest BCUT2D eigenvalue weighted by Gasteiger charge is 2.09. The summed E-state index contributed by atoms with van der Waals surface area (Å²) >= 11 is 5.88. The van der Waals surface area contributed by atoms with Crippen molar-refractivity contribution in [3.05, 3.63) is 29.3 Å². The normalized spacial score (nSPS) is 12.2. The molecule has 0 aliphatic heterocycles. The molecule has 0 spiro atoms. The smallest absolute Gasteiger partial charge is 0.234 e. The number of carbonyl (C=O) groups is 1. The number of nitrogens with zero attached hydrogens (tertiary/aromatic N) is 1. The third-order valence-electron chi connectivity index (χ3n) is 2.78. The fraction of sp³-hybridized carbons (Fsp3) is 0.533. The molecule has 21 heavy (non-hydrogen) atoms. The van der Waals surface area contributed by atoms with E-state index in [4.69, 9.17) is 21.1 Å². The number of rotatable bonds is 9. The number of hydrogen-bond donors (Lipinski definition) is 1. The summed E-state index contributed by atoms with van der Waals surface area (Å²) in [6.07, 6.45) is 0. The van der Waals surface area contributed by atoms with Gasteiger partial charge in [-0.1, -0.05) is 17.7 Å². The average molecular weight is 315 g/mol. The summed E-state index contributed by atoms with van der Waals surface area (Å²) in [6.45, 7) is 3.89. The minimum atomic E-state index is -0.0233. The highest BCUT2D eigenvalue weighted by Crippen LogP contribution is 2.16. The Bertz CT molecular complexity index is 443. The first-order chi connectivity index (χ1) is 10.0. The predicted octanol–water partition coefficient (Wildman–Crippen LogP) is 1.80. The number of likely N-dealkylation sites (N-methyl/N-ethyl adjacent to an activating group) is 1. The van der Waals surface area contributed by atoms with Crippen LogP contribution in [0.1, 0.15) is 6.92 Å². The van der Waals surface area contributed by atoms with Gasteiger partial charge in [0.2, 0.25) is 5.91 Å². The first kappa shape index (κ1) is 17.8. The number of halogens is 1. The van der Waals surface area contributed by atoms with Crippen LogP contribution < -0.4 is 10.1 Å². The zero-order valence-electron chi connectivity index (χ0n) is 12.8. The summed E-state index contributed by atoms with van der Waals surface area (Å²) in [4.78, 5) is 13.7. The Kier molecular flexibility index (Phi) is 8.12. The molecule has 0 saturated carbocycles. The molecule has 0 fully saturated rings. The van der Waals surface area contributed by atoms with Crippen LogP contribution in [-0.2, 0) is 9.53 Å². The van der Waals surface area contributed by atoms with Crippen LogP contribution in [0.25, 0.3) is 0 Å². The van der Waals surface area contributed by atoms with Gasteiger partial charge in [-0.3, -0.25) is 9.69 Å². The largest absolute Gasteiger partial charge is 0.492 e. The third-order valence-corrected chi connectivity index (χ3v) is 3.01. The maximum absolute atomic E-state index is 11.7. The van der Waals surface area contributed by atoms with Crippen LogP contribution >= 0.6 is 11.6 Å². The second-order valence-corrected chi connectivity index (χ2v) is 5.40. The van der Waals surface area contributed by atoms with Crippen LogP contribution in [0.2, 0.25) is 5.02 Å². The topological polar surface area (TPSA) is 50.8 Å². The number of ether oxygens (including phenoxy) is 2. The fourth-order valence-corrected chi connectivity index (χ4v) is 1.99. The van der Waals surface area contributed by atoms with Gasteiger partial charge >= 0.3 is 0 Å². The highest BCUT2D eigenvalue weighted by atomic mass is 35.5. The maximum atomic E-state index is 11.7. The SMILES string of the molecule is COCC(C)NC(=O)CN(C)CCOc1cccc(Cl)c1. The first-order valence-corrected chi connectivity index (χ1v) is 7.24. The Balaban J connectivity index is 2.21. The van der Waals surface area contributed by atoms with Gasteiger partial charge in [0.25, 0.3) is 0 Å². The van der Waals surface area contributed by atoms with Crippen molar-refractivity contribution in [3.63, 3.8) is 0 Å². The summed E-state index contributed by atoms with van der Waals surface area (Å²) in [5, 5.41) is 3.51. The van der Waals surface area contributed by atoms with Gasteiger partial charge in [0, 0.05) is 24.7 Å². The van der Waals surface area contributed by atoms with Crippen molar-refractivity contribution in [2.45, 2.75) is 13.0 Å². The predicted molar refractivity (Wildman–Crippen MR) is 83.9 cm³/mol. The van der Waals surface area contributed by atoms with E-state index >= 15 is 0 Å². The summed E-state index contributed by atoms with van der Waals surface area (Å²) < 4.78 is 10.6. The van der Waals surface area contributed by atoms with Gasteiger partial charge in [-0.05, 0) is 32.2 Å². The number of nitrogens with one attached hydrogen (secondary N) is 1. The Labute approximate surface area is 131 Å². The minimum absolute atomic E-state index is 0.0126. The molecule has 118 valence electrons. The van der Waals surface area contributed by atoms with E-state index in [1.54, 1.807) is 19.2 Å². The molecule has 1 aromatic rings. The molecule has 1 rings (SSSR count). The molecule has 1 atom stereocenters. The Morgan fingerprint density at radius 3 is 2.90 bits per heavy atom. The molecule has 1 N–H and O–H groups in total. The van der Waals surface area contributed by atoms with Crippen LogP contribution in [0.15, 0.2) is 24.3 Å². The zero-order chi connectivity index (χ0) is 15.7. The number of amides is 1. The number of hydrogen-bond acceptors (Lipinski definition) is 4. The van der Waals surface area contributed by atoms with Crippen molar-refractivity contribution in [2.24, 2.45) is 0 Å². The lowest BCUT2D eigenvalue weighted by Crippen LogP contribution is -2.42. The van der Waals surface area contributed by atoms with Gasteiger partial charge in [-0.2, -0.15) is 0 Å². The summed E-state index contributed by atoms with van der Waals surface area (Å²) in [5.74, 6) is 0.707. The summed E-state index contributed by atoms with van der Waals surface area (Å²) in [5.41, 5.74) is 0. The van der Waals surface area contributed by atoms with Crippen LogP contribution in [0.3, 0.4) is 0 Å². The highest BCUT2D eigenvalue weighted by molar-refractivity contribution is 6.30. The van der Waals surface area contributed by atoms with E-state index in [9.17, 15) is 4.79 Å².